The van der Waals surface area contributed by atoms with Gasteiger partial charge < -0.3 is 42.4 Å². The number of fused-ring (bicyclic) bond motifs is 1. The first-order valence-electron chi connectivity index (χ1n) is 26.2. The van der Waals surface area contributed by atoms with Crippen LogP contribution in [0.4, 0.5) is 0 Å². The van der Waals surface area contributed by atoms with E-state index in [1.807, 2.05) is 6.92 Å². The summed E-state index contributed by atoms with van der Waals surface area (Å²) in [5, 5.41) is 0.117. The highest BCUT2D eigenvalue weighted by Crippen LogP contribution is 2.54. The number of carbonyl (C=O) groups excluding carboxylic acids is 2. The highest BCUT2D eigenvalue weighted by Gasteiger charge is 2.68. The zero-order valence-electron chi connectivity index (χ0n) is 43.1. The first kappa shape index (κ1) is 54.6. The van der Waals surface area contributed by atoms with Crippen LogP contribution in [-0.4, -0.2) is 121 Å². The van der Waals surface area contributed by atoms with Crippen LogP contribution >= 0.6 is 15.9 Å². The monoisotopic (exact) mass is 1080 g/mol. The van der Waals surface area contributed by atoms with E-state index in [9.17, 15) is 18.0 Å². The average Bonchev–Trinajstić information content (AvgIpc) is 3.82. The Hall–Kier alpha value is -1.67. The number of rotatable bonds is 22. The van der Waals surface area contributed by atoms with E-state index >= 15 is 0 Å². The van der Waals surface area contributed by atoms with Crippen molar-refractivity contribution in [1.82, 2.24) is 0 Å². The van der Waals surface area contributed by atoms with Gasteiger partial charge in [-0.15, -0.1) is 0 Å². The molecule has 8 fully saturated rings. The molecule has 16 heteroatoms. The molecule has 70 heavy (non-hydrogen) atoms. The molecule has 18 atom stereocenters. The van der Waals surface area contributed by atoms with Gasteiger partial charge in [-0.2, -0.15) is 8.42 Å². The molecule has 8 aliphatic heterocycles. The van der Waals surface area contributed by atoms with Crippen molar-refractivity contribution in [3.63, 3.8) is 0 Å². The highest BCUT2D eigenvalue weighted by atomic mass is 79.9. The minimum atomic E-state index is -4.06. The van der Waals surface area contributed by atoms with Crippen molar-refractivity contribution in [1.29, 1.82) is 0 Å². The summed E-state index contributed by atoms with van der Waals surface area (Å²) in [6.07, 6.45) is 3.80. The van der Waals surface area contributed by atoms with Gasteiger partial charge in [-0.1, -0.05) is 88.3 Å². The molecule has 0 amide bonds. The van der Waals surface area contributed by atoms with Gasteiger partial charge in [0.15, 0.2) is 14.1 Å². The van der Waals surface area contributed by atoms with Crippen LogP contribution in [0.5, 0.6) is 0 Å². The molecule has 8 saturated heterocycles. The van der Waals surface area contributed by atoms with Gasteiger partial charge in [-0.25, -0.2) is 0 Å². The van der Waals surface area contributed by atoms with Crippen LogP contribution in [0.3, 0.4) is 0 Å². The zero-order chi connectivity index (χ0) is 50.5. The van der Waals surface area contributed by atoms with Crippen molar-refractivity contribution < 1.29 is 59.8 Å². The maximum absolute atomic E-state index is 14.5. The van der Waals surface area contributed by atoms with Crippen LogP contribution in [0, 0.1) is 30.6 Å². The number of halogens is 1. The van der Waals surface area contributed by atoms with Crippen LogP contribution in [0.1, 0.15) is 131 Å². The Balaban J connectivity index is 0.930. The molecule has 6 bridgehead atoms. The van der Waals surface area contributed by atoms with E-state index in [0.717, 1.165) is 30.3 Å². The smallest absolute Gasteiger partial charge is 0.297 e. The second-order valence-electron chi connectivity index (χ2n) is 23.6. The van der Waals surface area contributed by atoms with E-state index in [1.54, 1.807) is 24.3 Å². The number of Topliss-reactive ketones (excluding diaryl/α,β-unsaturated/α-hetero) is 1. The Morgan fingerprint density at radius 1 is 0.943 bits per heavy atom. The summed E-state index contributed by atoms with van der Waals surface area (Å²) in [4.78, 5) is 25.9. The molecular weight excluding hydrogens is 997 g/mol. The predicted molar refractivity (Wildman–Crippen MR) is 271 cm³/mol. The van der Waals surface area contributed by atoms with Gasteiger partial charge in [-0.05, 0) is 109 Å². The summed E-state index contributed by atoms with van der Waals surface area (Å²) in [5.41, 5.74) is 2.00. The van der Waals surface area contributed by atoms with E-state index < -0.39 is 48.6 Å². The molecule has 392 valence electrons. The Labute approximate surface area is 427 Å². The second kappa shape index (κ2) is 21.9. The van der Waals surface area contributed by atoms with E-state index in [1.165, 1.54) is 0 Å². The molecular formula is C54H81BrO13SSi. The number of hydrogen-bond donors (Lipinski definition) is 0. The maximum atomic E-state index is 14.5. The number of ketones is 1. The average molecular weight is 1080 g/mol. The Bertz CT molecular complexity index is 2150. The van der Waals surface area contributed by atoms with Gasteiger partial charge in [0.05, 0.1) is 53.7 Å². The zero-order valence-corrected chi connectivity index (χ0v) is 46.5. The van der Waals surface area contributed by atoms with Crippen molar-refractivity contribution >= 4 is 46.4 Å². The predicted octanol–water partition coefficient (Wildman–Crippen LogP) is 10.3. The van der Waals surface area contributed by atoms with Crippen LogP contribution in [0.15, 0.2) is 52.4 Å². The summed E-state index contributed by atoms with van der Waals surface area (Å²) in [5.74, 6) is -0.291. The fraction of sp³-hybridized carbons (Fsp3) is 0.778. The van der Waals surface area contributed by atoms with E-state index in [-0.39, 0.29) is 107 Å². The summed E-state index contributed by atoms with van der Waals surface area (Å²) < 4.78 is 87.8. The van der Waals surface area contributed by atoms with Crippen LogP contribution in [-0.2, 0) is 61.5 Å². The van der Waals surface area contributed by atoms with E-state index in [2.05, 4.69) is 83.7 Å². The Morgan fingerprint density at radius 2 is 1.64 bits per heavy atom. The Kier molecular flexibility index (Phi) is 17.1. The standard InChI is InChI=1S/C54H81BrO13SSi/c1-31-14-17-41(18-15-31)69(58,59)68-40(25-34(4)55)20-21-54-29-47-49(66-54)50-51(65-47)52(67-54)48-43(64-50)19-16-39(62-48)26-37(57)27-42-36(6)44(23-32(2)30-60-70(10,11)53(7,8)9)63-46(42)28-45-35(5)33(3)24-38(61-45)13-12-22-56/h14-15,17-18,22,32-33,36,38-40,42-52H,4-5,12-13,16,19-21,23-30H2,1-3,6-11H3/t32-,33+,36+,38-,39+,40+,42?,43-,44+,45?,46-,47+,48-,49-,50-,51+,52-,54-/m0/s1. The fourth-order valence-corrected chi connectivity index (χ4v) is 14.6. The summed E-state index contributed by atoms with van der Waals surface area (Å²) in [6, 6.07) is 6.61. The number of benzene rings is 1. The normalized spacial score (nSPS) is 38.0. The lowest BCUT2D eigenvalue weighted by molar-refractivity contribution is -0.292. The van der Waals surface area contributed by atoms with Crippen LogP contribution in [0.2, 0.25) is 18.1 Å². The third-order valence-corrected chi connectivity index (χ3v) is 23.3. The lowest BCUT2D eigenvalue weighted by Gasteiger charge is -2.47. The van der Waals surface area contributed by atoms with E-state index in [0.29, 0.717) is 68.9 Å². The second-order valence-corrected chi connectivity index (χ2v) is 31.1. The van der Waals surface area contributed by atoms with Gasteiger partial charge in [0.25, 0.3) is 10.1 Å². The minimum Gasteiger partial charge on any atom is -0.417 e. The molecule has 0 N–H and O–H groups in total. The molecule has 0 spiro atoms. The van der Waals surface area contributed by atoms with Gasteiger partial charge in [0, 0.05) is 51.6 Å². The quantitative estimate of drug-likeness (QED) is 0.0469. The highest BCUT2D eigenvalue weighted by molar-refractivity contribution is 9.11. The maximum Gasteiger partial charge on any atom is 0.297 e. The molecule has 8 aliphatic rings. The van der Waals surface area contributed by atoms with Crippen molar-refractivity contribution in [2.75, 3.05) is 6.61 Å². The van der Waals surface area contributed by atoms with Crippen molar-refractivity contribution in [2.45, 2.75) is 240 Å². The van der Waals surface area contributed by atoms with E-state index in [4.69, 9.17) is 41.8 Å². The molecule has 0 radical (unpaired) electrons. The first-order valence-corrected chi connectivity index (χ1v) is 31.3. The topological polar surface area (TPSA) is 151 Å². The van der Waals surface area contributed by atoms with Crippen LogP contribution < -0.4 is 0 Å². The number of ether oxygens (including phenoxy) is 7. The minimum absolute atomic E-state index is 0.0201. The van der Waals surface area contributed by atoms with Crippen molar-refractivity contribution in [3.8, 4) is 0 Å². The van der Waals surface area contributed by atoms with Gasteiger partial charge in [-0.3, -0.25) is 8.98 Å². The molecule has 0 saturated carbocycles. The molecule has 1 aromatic carbocycles. The van der Waals surface area contributed by atoms with Crippen molar-refractivity contribution in [3.05, 3.63) is 53.0 Å². The number of carbonyl (C=O) groups is 2. The third-order valence-electron chi connectivity index (χ3n) is 17.1. The molecule has 0 aliphatic carbocycles. The Morgan fingerprint density at radius 3 is 2.34 bits per heavy atom. The lowest BCUT2D eigenvalue weighted by atomic mass is 9.78. The fourth-order valence-electron chi connectivity index (χ4n) is 12.0. The van der Waals surface area contributed by atoms with Gasteiger partial charge in [0.2, 0.25) is 0 Å². The molecule has 1 aromatic rings. The number of aldehydes is 1. The van der Waals surface area contributed by atoms with Crippen molar-refractivity contribution in [2.24, 2.45) is 23.7 Å². The van der Waals surface area contributed by atoms with Crippen LogP contribution in [0.25, 0.3) is 0 Å². The SMILES string of the molecule is C=C(Br)C[C@@H](CC[C@@]12C[C@H]3O[C@H]4[C@@H](O1)[C@H]1O[C@@H](CC(=O)CC5[C@H](CC6O[C@@H](CCC=O)C[C@@H](C)C6=C)O[C@H](C[C@H](C)CO[Si](C)(C)C(C)(C)C)[C@@H]5C)CC[C@@H]1O[C@H]4[C@H]3O2)OS(=O)(=O)c1ccc(C)cc1. The number of aryl methyl sites for hydroxylation is 1. The summed E-state index contributed by atoms with van der Waals surface area (Å²) in [7, 11) is -5.99. The first-order chi connectivity index (χ1) is 32.9. The molecule has 0 aromatic heterocycles. The molecule has 8 heterocycles. The summed E-state index contributed by atoms with van der Waals surface area (Å²) in [6.45, 7) is 29.1. The van der Waals surface area contributed by atoms with Gasteiger partial charge >= 0.3 is 0 Å². The summed E-state index contributed by atoms with van der Waals surface area (Å²) >= 11 is 3.43. The molecule has 9 rings (SSSR count). The number of hydrogen-bond acceptors (Lipinski definition) is 13. The third kappa shape index (κ3) is 12.2. The molecule has 13 nitrogen and oxygen atoms in total. The van der Waals surface area contributed by atoms with Gasteiger partial charge in [0.1, 0.15) is 42.6 Å². The lowest BCUT2D eigenvalue weighted by Crippen LogP contribution is -2.61. The molecule has 2 unspecified atom stereocenters. The largest absolute Gasteiger partial charge is 0.417 e.